The van der Waals surface area contributed by atoms with Gasteiger partial charge in [-0.1, -0.05) is 78.1 Å². The molecule has 9 nitrogen and oxygen atoms in total. The van der Waals surface area contributed by atoms with Crippen molar-refractivity contribution in [2.75, 3.05) is 66.1 Å². The number of hydrogen-bond acceptors (Lipinski definition) is 8. The summed E-state index contributed by atoms with van der Waals surface area (Å²) in [5.41, 5.74) is 0. The van der Waals surface area contributed by atoms with Crippen LogP contribution in [-0.4, -0.2) is 79.0 Å². The fourth-order valence-electron chi connectivity index (χ4n) is 3.91. The van der Waals surface area contributed by atoms with E-state index in [9.17, 15) is 13.0 Å². The van der Waals surface area contributed by atoms with Crippen LogP contribution in [0.3, 0.4) is 0 Å². The van der Waals surface area contributed by atoms with Gasteiger partial charge >= 0.3 is 0 Å². The van der Waals surface area contributed by atoms with E-state index in [0.717, 1.165) is 26.1 Å². The van der Waals surface area contributed by atoms with Crippen LogP contribution in [0, 0.1) is 0 Å². The zero-order chi connectivity index (χ0) is 29.2. The first-order valence-corrected chi connectivity index (χ1v) is 16.6. The minimum Gasteiger partial charge on any atom is -0.487 e. The van der Waals surface area contributed by atoms with E-state index in [1.165, 1.54) is 82.4 Å². The zero-order valence-electron chi connectivity index (χ0n) is 24.9. The van der Waals surface area contributed by atoms with Gasteiger partial charge in [-0.3, -0.25) is 4.55 Å². The third-order valence-electron chi connectivity index (χ3n) is 6.21. The molecule has 0 amide bonds. The summed E-state index contributed by atoms with van der Waals surface area (Å²) in [4.78, 5) is -0.266. The molecule has 0 aromatic heterocycles. The summed E-state index contributed by atoms with van der Waals surface area (Å²) >= 11 is 0. The van der Waals surface area contributed by atoms with Gasteiger partial charge in [0, 0.05) is 19.3 Å². The van der Waals surface area contributed by atoms with Crippen molar-refractivity contribution in [2.24, 2.45) is 0 Å². The van der Waals surface area contributed by atoms with Crippen LogP contribution in [0.4, 0.5) is 0 Å². The van der Waals surface area contributed by atoms with Crippen LogP contribution < -0.4 is 9.47 Å². The minimum absolute atomic E-state index is 0.190. The number of hydrogen-bond donors (Lipinski definition) is 1. The van der Waals surface area contributed by atoms with Crippen LogP contribution in [-0.2, 0) is 29.1 Å². The van der Waals surface area contributed by atoms with E-state index < -0.39 is 10.1 Å². The van der Waals surface area contributed by atoms with Gasteiger partial charge in [-0.15, -0.1) is 0 Å². The molecule has 10 heteroatoms. The smallest absolute Gasteiger partial charge is 0.294 e. The number of rotatable bonds is 29. The van der Waals surface area contributed by atoms with E-state index in [-0.39, 0.29) is 23.9 Å². The maximum atomic E-state index is 11.6. The number of benzene rings is 1. The lowest BCUT2D eigenvalue weighted by molar-refractivity contribution is 0.0320. The second-order valence-electron chi connectivity index (χ2n) is 9.77. The van der Waals surface area contributed by atoms with E-state index >= 15 is 0 Å². The minimum atomic E-state index is -4.37. The monoisotopic (exact) mass is 590 g/mol. The van der Waals surface area contributed by atoms with Crippen molar-refractivity contribution in [3.05, 3.63) is 18.2 Å². The van der Waals surface area contributed by atoms with E-state index in [2.05, 4.69) is 13.8 Å². The van der Waals surface area contributed by atoms with E-state index in [4.69, 9.17) is 28.4 Å². The summed E-state index contributed by atoms with van der Waals surface area (Å²) in [7, 11) is -4.37. The fourth-order valence-corrected chi connectivity index (χ4v) is 4.41. The van der Waals surface area contributed by atoms with Crippen LogP contribution in [0.2, 0.25) is 0 Å². The molecular formula is C30H54O9S. The molecule has 0 aliphatic rings. The Morgan fingerprint density at radius 2 is 0.925 bits per heavy atom. The van der Waals surface area contributed by atoms with Gasteiger partial charge < -0.3 is 28.4 Å². The molecular weight excluding hydrogens is 536 g/mol. The van der Waals surface area contributed by atoms with Gasteiger partial charge in [0.05, 0.1) is 44.5 Å². The molecule has 0 aliphatic heterocycles. The van der Waals surface area contributed by atoms with Gasteiger partial charge in [0.25, 0.3) is 10.1 Å². The Morgan fingerprint density at radius 3 is 1.40 bits per heavy atom. The van der Waals surface area contributed by atoms with Gasteiger partial charge in [0.15, 0.2) is 11.5 Å². The first kappa shape index (κ1) is 36.6. The second kappa shape index (κ2) is 25.3. The van der Waals surface area contributed by atoms with Crippen molar-refractivity contribution >= 4 is 10.1 Å². The highest BCUT2D eigenvalue weighted by Crippen LogP contribution is 2.30. The maximum Gasteiger partial charge on any atom is 0.294 e. The third kappa shape index (κ3) is 20.4. The highest BCUT2D eigenvalue weighted by molar-refractivity contribution is 7.85. The van der Waals surface area contributed by atoms with Crippen molar-refractivity contribution in [3.63, 3.8) is 0 Å². The lowest BCUT2D eigenvalue weighted by Gasteiger charge is -2.14. The molecule has 0 bridgehead atoms. The molecule has 0 heterocycles. The molecule has 1 aromatic rings. The molecule has 1 N–H and O–H groups in total. The lowest BCUT2D eigenvalue weighted by Crippen LogP contribution is -2.13. The molecule has 0 aliphatic carbocycles. The molecule has 40 heavy (non-hydrogen) atoms. The highest BCUT2D eigenvalue weighted by Gasteiger charge is 2.15. The van der Waals surface area contributed by atoms with E-state index in [1.807, 2.05) is 0 Å². The molecule has 0 saturated carbocycles. The average Bonchev–Trinajstić information content (AvgIpc) is 2.93. The first-order valence-electron chi connectivity index (χ1n) is 15.2. The zero-order valence-corrected chi connectivity index (χ0v) is 25.7. The summed E-state index contributed by atoms with van der Waals surface area (Å²) in [5, 5.41) is 0. The molecule has 1 rings (SSSR count). The van der Waals surface area contributed by atoms with Crippen LogP contribution in [0.25, 0.3) is 0 Å². The normalized spacial score (nSPS) is 11.7. The summed E-state index contributed by atoms with van der Waals surface area (Å²) in [5.74, 6) is 0.568. The predicted molar refractivity (Wildman–Crippen MR) is 157 cm³/mol. The summed E-state index contributed by atoms with van der Waals surface area (Å²) in [6.07, 6.45) is 14.8. The van der Waals surface area contributed by atoms with Crippen molar-refractivity contribution < 1.29 is 41.4 Å². The SMILES string of the molecule is CCCCCCCCOCCOCCOc1ccc(S(=O)(=O)O)cc1OCCOCCOCCCCCCCC. The molecule has 0 atom stereocenters. The number of unbranched alkanes of at least 4 members (excludes halogenated alkanes) is 10. The quantitative estimate of drug-likeness (QED) is 0.0828. The molecule has 0 radical (unpaired) electrons. The van der Waals surface area contributed by atoms with Crippen molar-refractivity contribution in [3.8, 4) is 11.5 Å². The average molecular weight is 591 g/mol. The molecule has 0 saturated heterocycles. The third-order valence-corrected chi connectivity index (χ3v) is 7.06. The van der Waals surface area contributed by atoms with Crippen LogP contribution in [0.5, 0.6) is 11.5 Å². The number of ether oxygens (including phenoxy) is 6. The Kier molecular flexibility index (Phi) is 23.1. The topological polar surface area (TPSA) is 110 Å². The second-order valence-corrected chi connectivity index (χ2v) is 11.2. The Bertz CT molecular complexity index is 817. The van der Waals surface area contributed by atoms with Gasteiger partial charge in [0.2, 0.25) is 0 Å². The summed E-state index contributed by atoms with van der Waals surface area (Å²) < 4.78 is 66.2. The standard InChI is InChI=1S/C30H54O9S/c1-3-5-7-9-11-13-17-34-19-21-36-23-25-38-29-16-15-28(40(31,32)33)27-30(29)39-26-24-37-22-20-35-18-14-12-10-8-6-4-2/h15-16,27H,3-14,17-26H2,1-2H3,(H,31,32,33). The Balaban J connectivity index is 2.21. The van der Waals surface area contributed by atoms with Gasteiger partial charge in [-0.05, 0) is 25.0 Å². The first-order chi connectivity index (χ1) is 19.5. The summed E-state index contributed by atoms with van der Waals surface area (Å²) in [6, 6.07) is 3.97. The Morgan fingerprint density at radius 1 is 0.525 bits per heavy atom. The largest absolute Gasteiger partial charge is 0.487 e. The molecule has 234 valence electrons. The van der Waals surface area contributed by atoms with Crippen LogP contribution in [0.1, 0.15) is 90.9 Å². The molecule has 0 fully saturated rings. The molecule has 1 aromatic carbocycles. The molecule has 0 unspecified atom stereocenters. The van der Waals surface area contributed by atoms with E-state index in [0.29, 0.717) is 45.4 Å². The van der Waals surface area contributed by atoms with E-state index in [1.54, 1.807) is 0 Å². The highest BCUT2D eigenvalue weighted by atomic mass is 32.2. The van der Waals surface area contributed by atoms with Crippen LogP contribution in [0.15, 0.2) is 23.1 Å². The van der Waals surface area contributed by atoms with Crippen molar-refractivity contribution in [2.45, 2.75) is 95.8 Å². The maximum absolute atomic E-state index is 11.6. The van der Waals surface area contributed by atoms with Crippen LogP contribution >= 0.6 is 0 Å². The Labute approximate surface area is 242 Å². The summed E-state index contributed by atoms with van der Waals surface area (Å²) in [6.45, 7) is 9.01. The van der Waals surface area contributed by atoms with Crippen molar-refractivity contribution in [1.29, 1.82) is 0 Å². The predicted octanol–water partition coefficient (Wildman–Crippen LogP) is 6.48. The Hall–Kier alpha value is -1.43. The van der Waals surface area contributed by atoms with Gasteiger partial charge in [0.1, 0.15) is 13.2 Å². The lowest BCUT2D eigenvalue weighted by atomic mass is 10.1. The molecule has 0 spiro atoms. The van der Waals surface area contributed by atoms with Crippen molar-refractivity contribution in [1.82, 2.24) is 0 Å². The van der Waals surface area contributed by atoms with Gasteiger partial charge in [-0.2, -0.15) is 8.42 Å². The fraction of sp³-hybridized carbons (Fsp3) is 0.800. The van der Waals surface area contributed by atoms with Gasteiger partial charge in [-0.25, -0.2) is 0 Å².